The lowest BCUT2D eigenvalue weighted by Crippen LogP contribution is -2.48. The molecule has 1 aliphatic rings. The van der Waals surface area contributed by atoms with E-state index in [1.165, 1.54) is 16.7 Å². The fourth-order valence-electron chi connectivity index (χ4n) is 2.96. The van der Waals surface area contributed by atoms with Gasteiger partial charge in [0.25, 0.3) is 0 Å². The molecule has 4 nitrogen and oxygen atoms in total. The molecule has 2 unspecified atom stereocenters. The molecule has 4 heteroatoms. The maximum Gasteiger partial charge on any atom is 0.223 e. The van der Waals surface area contributed by atoms with Gasteiger partial charge in [0.05, 0.1) is 19.2 Å². The second-order valence-electron chi connectivity index (χ2n) is 6.28. The summed E-state index contributed by atoms with van der Waals surface area (Å²) in [4.78, 5) is 14.4. The maximum absolute atomic E-state index is 12.5. The molecule has 1 saturated heterocycles. The van der Waals surface area contributed by atoms with Gasteiger partial charge in [-0.15, -0.1) is 0 Å². The first kappa shape index (κ1) is 17.0. The minimum atomic E-state index is -0.00986. The van der Waals surface area contributed by atoms with Crippen LogP contribution >= 0.6 is 0 Å². The Morgan fingerprint density at radius 1 is 1.41 bits per heavy atom. The molecule has 1 amide bonds. The molecule has 0 aliphatic carbocycles. The molecule has 2 rings (SSSR count). The van der Waals surface area contributed by atoms with Crippen molar-refractivity contribution in [1.29, 1.82) is 0 Å². The van der Waals surface area contributed by atoms with Gasteiger partial charge in [0.2, 0.25) is 5.91 Å². The van der Waals surface area contributed by atoms with Gasteiger partial charge in [0.1, 0.15) is 6.10 Å². The van der Waals surface area contributed by atoms with Crippen LogP contribution in [0, 0.1) is 13.8 Å². The number of nitrogens with zero attached hydrogens (tertiary/aromatic N) is 1. The number of nitrogens with one attached hydrogen (secondary N) is 1. The van der Waals surface area contributed by atoms with Crippen molar-refractivity contribution >= 4 is 5.91 Å². The number of carbonyl (C=O) groups excluding carboxylic acids is 1. The van der Waals surface area contributed by atoms with Crippen molar-refractivity contribution in [3.63, 3.8) is 0 Å². The molecular weight excluding hydrogens is 276 g/mol. The smallest absolute Gasteiger partial charge is 0.223 e. The van der Waals surface area contributed by atoms with Gasteiger partial charge in [-0.3, -0.25) is 4.79 Å². The SMILES string of the molecule is CNCCCC(=O)N1CC(c2cc(C)ccc2C)OCC1C. The van der Waals surface area contributed by atoms with Crippen LogP contribution in [0.15, 0.2) is 18.2 Å². The van der Waals surface area contributed by atoms with Crippen LogP contribution in [0.2, 0.25) is 0 Å². The van der Waals surface area contributed by atoms with Gasteiger partial charge >= 0.3 is 0 Å². The Balaban J connectivity index is 2.07. The van der Waals surface area contributed by atoms with Crippen LogP contribution in [0.3, 0.4) is 0 Å². The molecule has 1 aliphatic heterocycles. The summed E-state index contributed by atoms with van der Waals surface area (Å²) in [5.74, 6) is 0.237. The summed E-state index contributed by atoms with van der Waals surface area (Å²) in [5.41, 5.74) is 3.67. The highest BCUT2D eigenvalue weighted by Gasteiger charge is 2.30. The normalized spacial score (nSPS) is 21.9. The predicted octanol–water partition coefficient (Wildman–Crippen LogP) is 2.59. The fourth-order valence-corrected chi connectivity index (χ4v) is 2.96. The van der Waals surface area contributed by atoms with Crippen LogP contribution in [0.1, 0.15) is 42.6 Å². The van der Waals surface area contributed by atoms with E-state index >= 15 is 0 Å². The Bertz CT molecular complexity index is 516. The maximum atomic E-state index is 12.5. The lowest BCUT2D eigenvalue weighted by molar-refractivity contribution is -0.144. The first-order valence-corrected chi connectivity index (χ1v) is 8.15. The topological polar surface area (TPSA) is 41.6 Å². The summed E-state index contributed by atoms with van der Waals surface area (Å²) in [5, 5.41) is 3.09. The van der Waals surface area contributed by atoms with Crippen molar-refractivity contribution < 1.29 is 9.53 Å². The van der Waals surface area contributed by atoms with E-state index in [1.807, 2.05) is 11.9 Å². The number of hydrogen-bond acceptors (Lipinski definition) is 3. The van der Waals surface area contributed by atoms with E-state index in [1.54, 1.807) is 0 Å². The van der Waals surface area contributed by atoms with Crippen molar-refractivity contribution in [3.8, 4) is 0 Å². The zero-order valence-corrected chi connectivity index (χ0v) is 14.2. The molecule has 22 heavy (non-hydrogen) atoms. The molecule has 0 aromatic heterocycles. The average Bonchev–Trinajstić information content (AvgIpc) is 2.50. The number of aryl methyl sites for hydroxylation is 2. The third-order valence-electron chi connectivity index (χ3n) is 4.35. The third kappa shape index (κ3) is 4.08. The van der Waals surface area contributed by atoms with Crippen LogP contribution in [0.5, 0.6) is 0 Å². The van der Waals surface area contributed by atoms with Crippen LogP contribution in [-0.4, -0.2) is 43.6 Å². The summed E-state index contributed by atoms with van der Waals surface area (Å²) >= 11 is 0. The lowest BCUT2D eigenvalue weighted by atomic mass is 9.98. The molecule has 2 atom stereocenters. The van der Waals surface area contributed by atoms with Gasteiger partial charge in [-0.2, -0.15) is 0 Å². The Hall–Kier alpha value is -1.39. The van der Waals surface area contributed by atoms with E-state index < -0.39 is 0 Å². The molecule has 0 saturated carbocycles. The number of morpholine rings is 1. The quantitative estimate of drug-likeness (QED) is 0.850. The Labute approximate surface area is 133 Å². The summed E-state index contributed by atoms with van der Waals surface area (Å²) in [6, 6.07) is 6.58. The van der Waals surface area contributed by atoms with E-state index in [4.69, 9.17) is 4.74 Å². The van der Waals surface area contributed by atoms with Crippen LogP contribution in [0.4, 0.5) is 0 Å². The average molecular weight is 304 g/mol. The monoisotopic (exact) mass is 304 g/mol. The number of rotatable bonds is 5. The lowest BCUT2D eigenvalue weighted by Gasteiger charge is -2.39. The first-order valence-electron chi connectivity index (χ1n) is 8.15. The number of benzene rings is 1. The summed E-state index contributed by atoms with van der Waals surface area (Å²) < 4.78 is 6.01. The molecule has 1 heterocycles. The van der Waals surface area contributed by atoms with Crippen molar-refractivity contribution in [3.05, 3.63) is 34.9 Å². The zero-order valence-electron chi connectivity index (χ0n) is 14.2. The third-order valence-corrected chi connectivity index (χ3v) is 4.35. The Morgan fingerprint density at radius 3 is 2.91 bits per heavy atom. The highest BCUT2D eigenvalue weighted by atomic mass is 16.5. The van der Waals surface area contributed by atoms with Crippen LogP contribution < -0.4 is 5.32 Å². The molecule has 0 radical (unpaired) electrons. The van der Waals surface area contributed by atoms with Gasteiger partial charge in [-0.05, 0) is 51.9 Å². The van der Waals surface area contributed by atoms with Crippen molar-refractivity contribution in [1.82, 2.24) is 10.2 Å². The molecule has 1 aromatic rings. The number of carbonyl (C=O) groups is 1. The standard InChI is InChI=1S/C18H28N2O2/c1-13-7-8-14(2)16(10-13)17-11-20(15(3)12-22-17)18(21)6-5-9-19-4/h7-8,10,15,17,19H,5-6,9,11-12H2,1-4H3. The van der Waals surface area contributed by atoms with Crippen molar-refractivity contribution in [2.45, 2.75) is 45.8 Å². The number of amides is 1. The second kappa shape index (κ2) is 7.75. The predicted molar refractivity (Wildman–Crippen MR) is 88.9 cm³/mol. The largest absolute Gasteiger partial charge is 0.370 e. The Morgan fingerprint density at radius 2 is 2.18 bits per heavy atom. The molecular formula is C18H28N2O2. The molecule has 1 aromatic carbocycles. The second-order valence-corrected chi connectivity index (χ2v) is 6.28. The fraction of sp³-hybridized carbons (Fsp3) is 0.611. The highest BCUT2D eigenvalue weighted by molar-refractivity contribution is 5.76. The molecule has 1 N–H and O–H groups in total. The van der Waals surface area contributed by atoms with Crippen molar-refractivity contribution in [2.75, 3.05) is 26.7 Å². The van der Waals surface area contributed by atoms with Crippen molar-refractivity contribution in [2.24, 2.45) is 0 Å². The highest BCUT2D eigenvalue weighted by Crippen LogP contribution is 2.28. The summed E-state index contributed by atoms with van der Waals surface area (Å²) in [7, 11) is 1.92. The summed E-state index contributed by atoms with van der Waals surface area (Å²) in [6.45, 7) is 8.41. The van der Waals surface area contributed by atoms with E-state index in [0.29, 0.717) is 19.6 Å². The van der Waals surface area contributed by atoms with E-state index in [0.717, 1.165) is 13.0 Å². The minimum Gasteiger partial charge on any atom is -0.370 e. The van der Waals surface area contributed by atoms with Gasteiger partial charge in [-0.25, -0.2) is 0 Å². The molecule has 0 bridgehead atoms. The van der Waals surface area contributed by atoms with E-state index in [2.05, 4.69) is 44.3 Å². The minimum absolute atomic E-state index is 0.00986. The van der Waals surface area contributed by atoms with Gasteiger partial charge in [0, 0.05) is 6.42 Å². The first-order chi connectivity index (χ1) is 10.5. The van der Waals surface area contributed by atoms with Gasteiger partial charge < -0.3 is 15.0 Å². The Kier molecular flexibility index (Phi) is 5.98. The van der Waals surface area contributed by atoms with Gasteiger partial charge in [0.15, 0.2) is 0 Å². The molecule has 0 spiro atoms. The summed E-state index contributed by atoms with van der Waals surface area (Å²) in [6.07, 6.45) is 1.47. The number of ether oxygens (including phenoxy) is 1. The zero-order chi connectivity index (χ0) is 16.1. The molecule has 122 valence electrons. The van der Waals surface area contributed by atoms with E-state index in [-0.39, 0.29) is 18.1 Å². The number of hydrogen-bond donors (Lipinski definition) is 1. The van der Waals surface area contributed by atoms with Gasteiger partial charge in [-0.1, -0.05) is 23.8 Å². The van der Waals surface area contributed by atoms with E-state index in [9.17, 15) is 4.79 Å². The van der Waals surface area contributed by atoms with Crippen LogP contribution in [-0.2, 0) is 9.53 Å². The molecule has 1 fully saturated rings. The van der Waals surface area contributed by atoms with Crippen LogP contribution in [0.25, 0.3) is 0 Å².